The number of ether oxygens (including phenoxy) is 2. The number of methoxy groups -OCH3 is 1. The summed E-state index contributed by atoms with van der Waals surface area (Å²) in [7, 11) is 1.23. The Morgan fingerprint density at radius 3 is 2.66 bits per heavy atom. The standard InChI is InChI=1S/C24H30F3N3O2/c1-31-19-14-18(16-30-21(19)24(25,26)27)15-28-12-9-22(20-6-2-5-11-29-20)10-13-32-23(17-22)7-3-4-8-23/h2,5-6,11,14,16,28H,3-4,7-10,12-13,15,17H2,1H3. The zero-order valence-corrected chi connectivity index (χ0v) is 18.4. The van der Waals surface area contributed by atoms with E-state index in [2.05, 4.69) is 16.4 Å². The zero-order valence-electron chi connectivity index (χ0n) is 18.4. The average molecular weight is 450 g/mol. The van der Waals surface area contributed by atoms with E-state index < -0.39 is 11.9 Å². The molecule has 1 saturated carbocycles. The average Bonchev–Trinajstić information content (AvgIpc) is 3.23. The molecule has 2 aliphatic rings. The lowest BCUT2D eigenvalue weighted by atomic mass is 9.68. The molecule has 8 heteroatoms. The summed E-state index contributed by atoms with van der Waals surface area (Å²) in [6.45, 7) is 1.87. The van der Waals surface area contributed by atoms with Gasteiger partial charge in [0.25, 0.3) is 0 Å². The fourth-order valence-corrected chi connectivity index (χ4v) is 5.31. The topological polar surface area (TPSA) is 56.3 Å². The van der Waals surface area contributed by atoms with Gasteiger partial charge >= 0.3 is 6.18 Å². The summed E-state index contributed by atoms with van der Waals surface area (Å²) in [5.74, 6) is -0.255. The Balaban J connectivity index is 1.43. The fraction of sp³-hybridized carbons (Fsp3) is 0.583. The van der Waals surface area contributed by atoms with Gasteiger partial charge in [0.1, 0.15) is 5.75 Å². The van der Waals surface area contributed by atoms with Crippen molar-refractivity contribution in [2.75, 3.05) is 20.3 Å². The smallest absolute Gasteiger partial charge is 0.437 e. The molecular weight excluding hydrogens is 419 g/mol. The predicted molar refractivity (Wildman–Crippen MR) is 114 cm³/mol. The van der Waals surface area contributed by atoms with Gasteiger partial charge < -0.3 is 14.8 Å². The molecule has 1 saturated heterocycles. The number of aromatic nitrogens is 2. The van der Waals surface area contributed by atoms with Crippen molar-refractivity contribution in [3.63, 3.8) is 0 Å². The molecule has 0 aromatic carbocycles. The second-order valence-electron chi connectivity index (χ2n) is 8.98. The summed E-state index contributed by atoms with van der Waals surface area (Å²) in [6.07, 6.45) is 5.97. The molecule has 4 rings (SSSR count). The van der Waals surface area contributed by atoms with E-state index in [-0.39, 0.29) is 16.8 Å². The zero-order chi connectivity index (χ0) is 22.7. The van der Waals surface area contributed by atoms with E-state index >= 15 is 0 Å². The maximum Gasteiger partial charge on any atom is 0.437 e. The van der Waals surface area contributed by atoms with Crippen molar-refractivity contribution < 1.29 is 22.6 Å². The van der Waals surface area contributed by atoms with Crippen molar-refractivity contribution in [3.8, 4) is 5.75 Å². The second-order valence-corrected chi connectivity index (χ2v) is 8.98. The first-order chi connectivity index (χ1) is 15.4. The summed E-state index contributed by atoms with van der Waals surface area (Å²) >= 11 is 0. The van der Waals surface area contributed by atoms with Crippen LogP contribution in [-0.2, 0) is 22.9 Å². The molecule has 1 atom stereocenters. The molecule has 3 heterocycles. The molecule has 1 aliphatic carbocycles. The van der Waals surface area contributed by atoms with Gasteiger partial charge in [0.05, 0.1) is 12.7 Å². The number of hydrogen-bond donors (Lipinski definition) is 1. The summed E-state index contributed by atoms with van der Waals surface area (Å²) in [5.41, 5.74) is 0.657. The number of nitrogens with zero attached hydrogens (tertiary/aromatic N) is 2. The number of halogens is 3. The van der Waals surface area contributed by atoms with Crippen LogP contribution in [-0.4, -0.2) is 35.8 Å². The highest BCUT2D eigenvalue weighted by molar-refractivity contribution is 5.33. The van der Waals surface area contributed by atoms with Crippen LogP contribution in [0.25, 0.3) is 0 Å². The van der Waals surface area contributed by atoms with Crippen LogP contribution in [0.5, 0.6) is 5.75 Å². The highest BCUT2D eigenvalue weighted by atomic mass is 19.4. The van der Waals surface area contributed by atoms with Gasteiger partial charge in [0.2, 0.25) is 0 Å². The third-order valence-corrected chi connectivity index (χ3v) is 6.88. The van der Waals surface area contributed by atoms with E-state index in [0.29, 0.717) is 12.1 Å². The van der Waals surface area contributed by atoms with Gasteiger partial charge in [-0.3, -0.25) is 4.98 Å². The lowest BCUT2D eigenvalue weighted by Crippen LogP contribution is -2.47. The molecular formula is C24H30F3N3O2. The summed E-state index contributed by atoms with van der Waals surface area (Å²) in [4.78, 5) is 8.29. The lowest BCUT2D eigenvalue weighted by Gasteiger charge is -2.46. The number of rotatable bonds is 7. The quantitative estimate of drug-likeness (QED) is 0.600. The van der Waals surface area contributed by atoms with Crippen LogP contribution in [0.15, 0.2) is 36.7 Å². The number of pyridine rings is 2. The second kappa shape index (κ2) is 9.35. The fourth-order valence-electron chi connectivity index (χ4n) is 5.31. The minimum absolute atomic E-state index is 0.0412. The van der Waals surface area contributed by atoms with Gasteiger partial charge in [-0.05, 0) is 62.4 Å². The Morgan fingerprint density at radius 2 is 1.97 bits per heavy atom. The Kier molecular flexibility index (Phi) is 6.72. The first-order valence-corrected chi connectivity index (χ1v) is 11.2. The van der Waals surface area contributed by atoms with Crippen molar-refractivity contribution in [1.82, 2.24) is 15.3 Å². The minimum Gasteiger partial charge on any atom is -0.494 e. The van der Waals surface area contributed by atoms with Crippen LogP contribution in [0.1, 0.15) is 61.9 Å². The molecule has 2 fully saturated rings. The highest BCUT2D eigenvalue weighted by Gasteiger charge is 2.48. The van der Waals surface area contributed by atoms with Crippen LogP contribution in [0, 0.1) is 0 Å². The molecule has 32 heavy (non-hydrogen) atoms. The van der Waals surface area contributed by atoms with E-state index in [0.717, 1.165) is 50.9 Å². The first-order valence-electron chi connectivity index (χ1n) is 11.2. The third kappa shape index (κ3) is 4.91. The molecule has 1 N–H and O–H groups in total. The van der Waals surface area contributed by atoms with Crippen molar-refractivity contribution in [2.24, 2.45) is 0 Å². The van der Waals surface area contributed by atoms with Crippen molar-refractivity contribution >= 4 is 0 Å². The molecule has 2 aromatic heterocycles. The van der Waals surface area contributed by atoms with E-state index in [4.69, 9.17) is 14.5 Å². The van der Waals surface area contributed by atoms with E-state index in [1.165, 1.54) is 32.2 Å². The van der Waals surface area contributed by atoms with Crippen LogP contribution >= 0.6 is 0 Å². The lowest BCUT2D eigenvalue weighted by molar-refractivity contribution is -0.142. The molecule has 1 unspecified atom stereocenters. The Labute approximate surface area is 186 Å². The molecule has 1 aliphatic heterocycles. The van der Waals surface area contributed by atoms with Crippen LogP contribution in [0.2, 0.25) is 0 Å². The van der Waals surface area contributed by atoms with E-state index in [9.17, 15) is 13.2 Å². The summed E-state index contributed by atoms with van der Waals surface area (Å²) in [6, 6.07) is 7.48. The molecule has 2 aromatic rings. The predicted octanol–water partition coefficient (Wildman–Crippen LogP) is 5.04. The van der Waals surface area contributed by atoms with E-state index in [1.54, 1.807) is 0 Å². The van der Waals surface area contributed by atoms with Gasteiger partial charge in [0, 0.05) is 36.7 Å². The van der Waals surface area contributed by atoms with E-state index in [1.807, 2.05) is 18.3 Å². The SMILES string of the molecule is COc1cc(CNCCC2(c3ccccn3)CCOC3(CCCC3)C2)cnc1C(F)(F)F. The third-order valence-electron chi connectivity index (χ3n) is 6.88. The Morgan fingerprint density at radius 1 is 1.16 bits per heavy atom. The molecule has 0 amide bonds. The monoisotopic (exact) mass is 449 g/mol. The maximum atomic E-state index is 13.0. The normalized spacial score (nSPS) is 22.9. The van der Waals surface area contributed by atoms with Crippen molar-refractivity contribution in [2.45, 2.75) is 68.7 Å². The highest BCUT2D eigenvalue weighted by Crippen LogP contribution is 2.49. The van der Waals surface area contributed by atoms with Gasteiger partial charge in [-0.25, -0.2) is 4.98 Å². The molecule has 5 nitrogen and oxygen atoms in total. The molecule has 1 spiro atoms. The first kappa shape index (κ1) is 23.0. The minimum atomic E-state index is -4.54. The number of hydrogen-bond acceptors (Lipinski definition) is 5. The summed E-state index contributed by atoms with van der Waals surface area (Å²) < 4.78 is 50.3. The Bertz CT molecular complexity index is 901. The maximum absolute atomic E-state index is 13.0. The van der Waals surface area contributed by atoms with Gasteiger partial charge in [-0.1, -0.05) is 18.9 Å². The van der Waals surface area contributed by atoms with Crippen molar-refractivity contribution in [3.05, 3.63) is 53.6 Å². The van der Waals surface area contributed by atoms with Gasteiger partial charge in [0.15, 0.2) is 5.69 Å². The summed E-state index contributed by atoms with van der Waals surface area (Å²) in [5, 5.41) is 3.39. The van der Waals surface area contributed by atoms with Gasteiger partial charge in [-0.15, -0.1) is 0 Å². The van der Waals surface area contributed by atoms with Crippen LogP contribution < -0.4 is 10.1 Å². The molecule has 0 bridgehead atoms. The van der Waals surface area contributed by atoms with Crippen LogP contribution in [0.3, 0.4) is 0 Å². The van der Waals surface area contributed by atoms with Gasteiger partial charge in [-0.2, -0.15) is 13.2 Å². The number of nitrogens with one attached hydrogen (secondary N) is 1. The molecule has 174 valence electrons. The largest absolute Gasteiger partial charge is 0.494 e. The van der Waals surface area contributed by atoms with Crippen molar-refractivity contribution in [1.29, 1.82) is 0 Å². The Hall–Kier alpha value is -2.19. The molecule has 0 radical (unpaired) electrons. The number of alkyl halides is 3. The van der Waals surface area contributed by atoms with Crippen LogP contribution in [0.4, 0.5) is 13.2 Å².